The van der Waals surface area contributed by atoms with Gasteiger partial charge in [-0.25, -0.2) is 4.99 Å². The molecule has 1 unspecified atom stereocenters. The minimum absolute atomic E-state index is 0.229. The first-order valence-corrected chi connectivity index (χ1v) is 10.1. The predicted octanol–water partition coefficient (Wildman–Crippen LogP) is 2.41. The summed E-state index contributed by atoms with van der Waals surface area (Å²) in [4.78, 5) is 7.01. The second-order valence-corrected chi connectivity index (χ2v) is 7.60. The second-order valence-electron chi connectivity index (χ2n) is 7.60. The summed E-state index contributed by atoms with van der Waals surface area (Å²) in [6, 6.07) is 12.3. The van der Waals surface area contributed by atoms with E-state index >= 15 is 0 Å². The van der Waals surface area contributed by atoms with Gasteiger partial charge in [0.15, 0.2) is 5.96 Å². The number of aliphatic imine (C=N–C) groups is 1. The van der Waals surface area contributed by atoms with Crippen molar-refractivity contribution in [2.75, 3.05) is 32.7 Å². The van der Waals surface area contributed by atoms with Crippen LogP contribution < -0.4 is 10.6 Å². The van der Waals surface area contributed by atoms with E-state index in [1.165, 1.54) is 11.1 Å². The van der Waals surface area contributed by atoms with Gasteiger partial charge in [-0.1, -0.05) is 24.3 Å². The second kappa shape index (κ2) is 9.26. The molecule has 28 heavy (non-hydrogen) atoms. The first kappa shape index (κ1) is 20.4. The molecule has 3 N–H and O–H groups in total. The topological polar surface area (TPSA) is 73.0 Å². The molecule has 0 spiro atoms. The van der Waals surface area contributed by atoms with E-state index in [1.807, 2.05) is 19.9 Å². The highest BCUT2D eigenvalue weighted by Gasteiger charge is 2.26. The minimum Gasteiger partial charge on any atom is -0.463 e. The van der Waals surface area contributed by atoms with Gasteiger partial charge in [-0.2, -0.15) is 0 Å². The van der Waals surface area contributed by atoms with Crippen molar-refractivity contribution in [2.24, 2.45) is 4.99 Å². The summed E-state index contributed by atoms with van der Waals surface area (Å²) < 4.78 is 5.56. The number of hydrogen-bond acceptors (Lipinski definition) is 4. The van der Waals surface area contributed by atoms with Gasteiger partial charge in [-0.3, -0.25) is 4.90 Å². The van der Waals surface area contributed by atoms with Crippen molar-refractivity contribution in [1.29, 1.82) is 0 Å². The molecule has 1 atom stereocenters. The maximum absolute atomic E-state index is 10.7. The number of nitrogens with one attached hydrogen (secondary N) is 2. The Bertz CT molecular complexity index is 797. The Morgan fingerprint density at radius 2 is 2.00 bits per heavy atom. The Labute approximate surface area is 167 Å². The van der Waals surface area contributed by atoms with Crippen LogP contribution >= 0.6 is 0 Å². The third-order valence-corrected chi connectivity index (χ3v) is 5.09. The summed E-state index contributed by atoms with van der Waals surface area (Å²) in [6.45, 7) is 10.5. The lowest BCUT2D eigenvalue weighted by atomic mass is 10.00. The highest BCUT2D eigenvalue weighted by atomic mass is 16.4. The predicted molar refractivity (Wildman–Crippen MR) is 112 cm³/mol. The molecule has 0 saturated carbocycles. The average molecular weight is 385 g/mol. The van der Waals surface area contributed by atoms with E-state index in [0.29, 0.717) is 11.7 Å². The van der Waals surface area contributed by atoms with E-state index in [1.54, 1.807) is 13.0 Å². The maximum Gasteiger partial charge on any atom is 0.191 e. The zero-order chi connectivity index (χ0) is 20.0. The van der Waals surface area contributed by atoms with Crippen LogP contribution in [-0.2, 0) is 18.6 Å². The fraction of sp³-hybridized carbons (Fsp3) is 0.500. The number of benzene rings is 1. The molecule has 0 aliphatic carbocycles. The molecule has 6 nitrogen and oxygen atoms in total. The zero-order valence-corrected chi connectivity index (χ0v) is 17.2. The van der Waals surface area contributed by atoms with Gasteiger partial charge in [0.1, 0.15) is 17.1 Å². The molecule has 0 fully saturated rings. The number of furan rings is 1. The molecule has 0 saturated heterocycles. The third kappa shape index (κ3) is 5.36. The summed E-state index contributed by atoms with van der Waals surface area (Å²) in [5.74, 6) is 2.03. The van der Waals surface area contributed by atoms with Gasteiger partial charge in [-0.15, -0.1) is 0 Å². The molecule has 6 heteroatoms. The smallest absolute Gasteiger partial charge is 0.191 e. The first-order valence-electron chi connectivity index (χ1n) is 10.1. The molecule has 2 heterocycles. The molecule has 0 amide bonds. The maximum atomic E-state index is 10.7. The van der Waals surface area contributed by atoms with Crippen molar-refractivity contribution in [2.45, 2.75) is 39.3 Å². The summed E-state index contributed by atoms with van der Waals surface area (Å²) >= 11 is 0. The van der Waals surface area contributed by atoms with E-state index < -0.39 is 5.60 Å². The Hall–Kier alpha value is -2.31. The van der Waals surface area contributed by atoms with Gasteiger partial charge < -0.3 is 20.2 Å². The van der Waals surface area contributed by atoms with Crippen molar-refractivity contribution < 1.29 is 9.52 Å². The van der Waals surface area contributed by atoms with E-state index in [4.69, 9.17) is 4.42 Å². The number of fused-ring (bicyclic) bond motifs is 1. The van der Waals surface area contributed by atoms with Gasteiger partial charge in [0.2, 0.25) is 0 Å². The number of rotatable bonds is 7. The number of aryl methyl sites for hydroxylation is 1. The molecule has 0 radical (unpaired) electrons. The monoisotopic (exact) mass is 384 g/mol. The van der Waals surface area contributed by atoms with Crippen LogP contribution in [0.4, 0.5) is 0 Å². The molecule has 1 aromatic heterocycles. The molecule has 0 bridgehead atoms. The molecule has 152 valence electrons. The van der Waals surface area contributed by atoms with Gasteiger partial charge in [0, 0.05) is 32.7 Å². The van der Waals surface area contributed by atoms with Crippen molar-refractivity contribution >= 4 is 5.96 Å². The minimum atomic E-state index is -1.13. The Balaban J connectivity index is 1.51. The van der Waals surface area contributed by atoms with Crippen LogP contribution in [0.2, 0.25) is 0 Å². The van der Waals surface area contributed by atoms with Gasteiger partial charge in [0.05, 0.1) is 6.54 Å². The number of aliphatic hydroxyl groups is 1. The van der Waals surface area contributed by atoms with Crippen LogP contribution in [0.15, 0.2) is 45.8 Å². The SMILES string of the molecule is CCNC(=NCC(C)(O)c1ccc(C)o1)NCCN1CCc2ccccc2C1. The third-order valence-electron chi connectivity index (χ3n) is 5.09. The van der Waals surface area contributed by atoms with Crippen LogP contribution in [0.1, 0.15) is 36.5 Å². The average Bonchev–Trinajstić information content (AvgIpc) is 3.13. The first-order chi connectivity index (χ1) is 13.5. The number of nitrogens with zero attached hydrogens (tertiary/aromatic N) is 2. The number of guanidine groups is 1. The van der Waals surface area contributed by atoms with Crippen LogP contribution in [0, 0.1) is 6.92 Å². The fourth-order valence-corrected chi connectivity index (χ4v) is 3.45. The Morgan fingerprint density at radius 3 is 2.71 bits per heavy atom. The quantitative estimate of drug-likeness (QED) is 0.505. The summed E-state index contributed by atoms with van der Waals surface area (Å²) in [5.41, 5.74) is 1.77. The fourth-order valence-electron chi connectivity index (χ4n) is 3.45. The lowest BCUT2D eigenvalue weighted by Gasteiger charge is -2.29. The zero-order valence-electron chi connectivity index (χ0n) is 17.2. The molecule has 1 aliphatic rings. The van der Waals surface area contributed by atoms with E-state index in [2.05, 4.69) is 44.8 Å². The van der Waals surface area contributed by atoms with Crippen LogP contribution in [0.5, 0.6) is 0 Å². The molecular formula is C22H32N4O2. The van der Waals surface area contributed by atoms with Crippen LogP contribution in [0.3, 0.4) is 0 Å². The van der Waals surface area contributed by atoms with E-state index in [9.17, 15) is 5.11 Å². The molecule has 1 aliphatic heterocycles. The van der Waals surface area contributed by atoms with Crippen LogP contribution in [-0.4, -0.2) is 48.7 Å². The normalized spacial score (nSPS) is 17.1. The largest absolute Gasteiger partial charge is 0.463 e. The van der Waals surface area contributed by atoms with Crippen molar-refractivity contribution in [3.63, 3.8) is 0 Å². The molecule has 1 aromatic carbocycles. The van der Waals surface area contributed by atoms with Gasteiger partial charge in [-0.05, 0) is 50.5 Å². The Kier molecular flexibility index (Phi) is 6.75. The van der Waals surface area contributed by atoms with E-state index in [-0.39, 0.29) is 6.54 Å². The summed E-state index contributed by atoms with van der Waals surface area (Å²) in [6.07, 6.45) is 1.11. The Morgan fingerprint density at radius 1 is 1.21 bits per heavy atom. The van der Waals surface area contributed by atoms with Crippen molar-refractivity contribution in [3.8, 4) is 0 Å². The molecule has 2 aromatic rings. The molecule has 3 rings (SSSR count). The van der Waals surface area contributed by atoms with Gasteiger partial charge >= 0.3 is 0 Å². The summed E-state index contributed by atoms with van der Waals surface area (Å²) in [5, 5.41) is 17.3. The highest BCUT2D eigenvalue weighted by Crippen LogP contribution is 2.23. The lowest BCUT2D eigenvalue weighted by molar-refractivity contribution is 0.0428. The molecular weight excluding hydrogens is 352 g/mol. The van der Waals surface area contributed by atoms with Gasteiger partial charge in [0.25, 0.3) is 0 Å². The van der Waals surface area contributed by atoms with E-state index in [0.717, 1.165) is 44.9 Å². The number of hydrogen-bond donors (Lipinski definition) is 3. The van der Waals surface area contributed by atoms with Crippen LogP contribution in [0.25, 0.3) is 0 Å². The lowest BCUT2D eigenvalue weighted by Crippen LogP contribution is -2.43. The standard InChI is InChI=1S/C22H32N4O2/c1-4-23-21(25-16-22(3,27)20-10-9-17(2)28-20)24-12-14-26-13-11-18-7-5-6-8-19(18)15-26/h5-10,27H,4,11-16H2,1-3H3,(H2,23,24,25). The highest BCUT2D eigenvalue weighted by molar-refractivity contribution is 5.79. The summed E-state index contributed by atoms with van der Waals surface area (Å²) in [7, 11) is 0. The van der Waals surface area contributed by atoms with Crippen molar-refractivity contribution in [1.82, 2.24) is 15.5 Å². The van der Waals surface area contributed by atoms with Crippen molar-refractivity contribution in [3.05, 3.63) is 59.0 Å².